The lowest BCUT2D eigenvalue weighted by Gasteiger charge is -2.28. The van der Waals surface area contributed by atoms with Crippen LogP contribution in [-0.2, 0) is 11.3 Å². The second-order valence-electron chi connectivity index (χ2n) is 5.98. The van der Waals surface area contributed by atoms with Crippen LogP contribution in [0.25, 0.3) is 5.57 Å². The molecule has 2 aromatic carbocycles. The molecule has 1 heterocycles. The van der Waals surface area contributed by atoms with Crippen LogP contribution in [0.4, 0.5) is 4.79 Å². The van der Waals surface area contributed by atoms with Gasteiger partial charge in [0.15, 0.2) is 0 Å². The van der Waals surface area contributed by atoms with Gasteiger partial charge in [0.2, 0.25) is 0 Å². The second kappa shape index (κ2) is 8.16. The lowest BCUT2D eigenvalue weighted by Crippen LogP contribution is -2.36. The maximum Gasteiger partial charge on any atom is 0.410 e. The lowest BCUT2D eigenvalue weighted by atomic mass is 9.94. The van der Waals surface area contributed by atoms with Gasteiger partial charge in [0.1, 0.15) is 6.61 Å². The molecule has 0 spiro atoms. The van der Waals surface area contributed by atoms with Gasteiger partial charge in [-0.15, -0.1) is 0 Å². The van der Waals surface area contributed by atoms with E-state index in [1.165, 1.54) is 0 Å². The zero-order valence-electron chi connectivity index (χ0n) is 14.0. The smallest absolute Gasteiger partial charge is 0.410 e. The van der Waals surface area contributed by atoms with E-state index in [2.05, 4.69) is 6.07 Å². The van der Waals surface area contributed by atoms with Crippen LogP contribution in [0.15, 0.2) is 66.2 Å². The van der Waals surface area contributed by atoms with E-state index in [1.54, 1.807) is 4.90 Å². The van der Waals surface area contributed by atoms with Gasteiger partial charge in [0.25, 0.3) is 0 Å². The molecule has 1 amide bonds. The van der Waals surface area contributed by atoms with Crippen LogP contribution in [0.3, 0.4) is 0 Å². The van der Waals surface area contributed by atoms with Crippen LogP contribution in [0.5, 0.6) is 0 Å². The maximum atomic E-state index is 12.2. The van der Waals surface area contributed by atoms with Crippen LogP contribution in [0, 0.1) is 11.3 Å². The molecule has 0 unspecified atom stereocenters. The van der Waals surface area contributed by atoms with Crippen molar-refractivity contribution in [2.45, 2.75) is 19.4 Å². The average Bonchev–Trinajstić information content (AvgIpc) is 2.69. The largest absolute Gasteiger partial charge is 0.445 e. The third-order valence-corrected chi connectivity index (χ3v) is 4.36. The monoisotopic (exact) mass is 332 g/mol. The minimum Gasteiger partial charge on any atom is -0.445 e. The third kappa shape index (κ3) is 4.27. The number of carbonyl (C=O) groups is 1. The summed E-state index contributed by atoms with van der Waals surface area (Å²) in [6, 6.07) is 21.7. The van der Waals surface area contributed by atoms with E-state index in [9.17, 15) is 10.1 Å². The van der Waals surface area contributed by atoms with Crippen molar-refractivity contribution in [2.75, 3.05) is 13.1 Å². The summed E-state index contributed by atoms with van der Waals surface area (Å²) in [6.45, 7) is 1.45. The number of nitriles is 1. The highest BCUT2D eigenvalue weighted by Crippen LogP contribution is 2.26. The molecule has 1 aliphatic rings. The molecule has 1 fully saturated rings. The normalized spacial score (nSPS) is 13.9. The van der Waals surface area contributed by atoms with Crippen molar-refractivity contribution in [3.63, 3.8) is 0 Å². The Morgan fingerprint density at radius 2 is 1.60 bits per heavy atom. The number of likely N-dealkylation sites (tertiary alicyclic amines) is 1. The predicted octanol–water partition coefficient (Wildman–Crippen LogP) is 4.40. The maximum absolute atomic E-state index is 12.2. The molecule has 2 aromatic rings. The highest BCUT2D eigenvalue weighted by molar-refractivity contribution is 5.79. The van der Waals surface area contributed by atoms with Gasteiger partial charge in [-0.3, -0.25) is 0 Å². The topological polar surface area (TPSA) is 53.3 Å². The van der Waals surface area contributed by atoms with Crippen molar-refractivity contribution in [3.8, 4) is 6.07 Å². The first-order chi connectivity index (χ1) is 12.3. The summed E-state index contributed by atoms with van der Waals surface area (Å²) >= 11 is 0. The van der Waals surface area contributed by atoms with Gasteiger partial charge in [0.05, 0.1) is 11.6 Å². The Hall–Kier alpha value is -3.06. The van der Waals surface area contributed by atoms with E-state index in [0.717, 1.165) is 22.3 Å². The van der Waals surface area contributed by atoms with Gasteiger partial charge in [-0.1, -0.05) is 60.7 Å². The Labute approximate surface area is 148 Å². The Bertz CT molecular complexity index is 782. The first kappa shape index (κ1) is 16.8. The highest BCUT2D eigenvalue weighted by atomic mass is 16.6. The first-order valence-corrected chi connectivity index (χ1v) is 8.41. The number of amides is 1. The number of nitrogens with zero attached hydrogens (tertiary/aromatic N) is 2. The van der Waals surface area contributed by atoms with Gasteiger partial charge in [0, 0.05) is 13.1 Å². The number of ether oxygens (including phenoxy) is 1. The number of allylic oxidation sites excluding steroid dienone is 1. The summed E-state index contributed by atoms with van der Waals surface area (Å²) in [6.07, 6.45) is 1.12. The van der Waals surface area contributed by atoms with Gasteiger partial charge in [-0.05, 0) is 29.5 Å². The summed E-state index contributed by atoms with van der Waals surface area (Å²) in [5, 5.41) is 9.50. The average molecular weight is 332 g/mol. The van der Waals surface area contributed by atoms with Crippen LogP contribution in [-0.4, -0.2) is 24.1 Å². The fourth-order valence-corrected chi connectivity index (χ4v) is 2.97. The molecule has 0 bridgehead atoms. The summed E-state index contributed by atoms with van der Waals surface area (Å²) < 4.78 is 5.38. The minimum atomic E-state index is -0.291. The molecule has 0 N–H and O–H groups in total. The molecule has 4 heteroatoms. The van der Waals surface area contributed by atoms with Crippen LogP contribution >= 0.6 is 0 Å². The lowest BCUT2D eigenvalue weighted by molar-refractivity contribution is 0.0936. The summed E-state index contributed by atoms with van der Waals surface area (Å²) in [5.41, 5.74) is 3.77. The molecule has 0 saturated carbocycles. The Morgan fingerprint density at radius 1 is 1.00 bits per heavy atom. The van der Waals surface area contributed by atoms with E-state index in [1.807, 2.05) is 60.7 Å². The summed E-state index contributed by atoms with van der Waals surface area (Å²) in [7, 11) is 0. The third-order valence-electron chi connectivity index (χ3n) is 4.36. The van der Waals surface area contributed by atoms with E-state index < -0.39 is 0 Å². The van der Waals surface area contributed by atoms with Crippen molar-refractivity contribution in [3.05, 3.63) is 77.4 Å². The van der Waals surface area contributed by atoms with Gasteiger partial charge in [-0.25, -0.2) is 4.79 Å². The van der Waals surface area contributed by atoms with Gasteiger partial charge >= 0.3 is 6.09 Å². The molecule has 0 aliphatic carbocycles. The number of carbonyl (C=O) groups excluding carboxylic acids is 1. The van der Waals surface area contributed by atoms with Crippen LogP contribution in [0.2, 0.25) is 0 Å². The molecule has 3 rings (SSSR count). The molecular weight excluding hydrogens is 312 g/mol. The number of piperidine rings is 1. The zero-order valence-corrected chi connectivity index (χ0v) is 14.0. The quantitative estimate of drug-likeness (QED) is 0.783. The molecule has 126 valence electrons. The van der Waals surface area contributed by atoms with Crippen LogP contribution < -0.4 is 0 Å². The Morgan fingerprint density at radius 3 is 2.20 bits per heavy atom. The summed E-state index contributed by atoms with van der Waals surface area (Å²) in [5.74, 6) is 0. The van der Waals surface area contributed by atoms with Crippen molar-refractivity contribution in [2.24, 2.45) is 0 Å². The van der Waals surface area contributed by atoms with E-state index >= 15 is 0 Å². The number of hydrogen-bond donors (Lipinski definition) is 0. The molecule has 4 nitrogen and oxygen atoms in total. The Kier molecular flexibility index (Phi) is 5.48. The van der Waals surface area contributed by atoms with Crippen molar-refractivity contribution in [1.29, 1.82) is 5.26 Å². The SMILES string of the molecule is N#CC(=C1CCN(C(=O)OCc2ccccc2)CC1)c1ccccc1. The highest BCUT2D eigenvalue weighted by Gasteiger charge is 2.22. The first-order valence-electron chi connectivity index (χ1n) is 8.41. The molecule has 1 saturated heterocycles. The summed E-state index contributed by atoms with van der Waals surface area (Å²) in [4.78, 5) is 13.9. The molecule has 0 radical (unpaired) electrons. The van der Waals surface area contributed by atoms with Gasteiger partial charge < -0.3 is 9.64 Å². The van der Waals surface area contributed by atoms with Crippen molar-refractivity contribution >= 4 is 11.7 Å². The number of rotatable bonds is 3. The molecule has 1 aliphatic heterocycles. The van der Waals surface area contributed by atoms with Gasteiger partial charge in [-0.2, -0.15) is 5.26 Å². The number of hydrogen-bond acceptors (Lipinski definition) is 3. The molecule has 0 aromatic heterocycles. The standard InChI is InChI=1S/C21H20N2O2/c22-15-20(18-9-5-2-6-10-18)19-11-13-23(14-12-19)21(24)25-16-17-7-3-1-4-8-17/h1-10H,11-14,16H2. The van der Waals surface area contributed by atoms with Crippen molar-refractivity contribution < 1.29 is 9.53 Å². The second-order valence-corrected chi connectivity index (χ2v) is 5.98. The molecule has 25 heavy (non-hydrogen) atoms. The predicted molar refractivity (Wildman–Crippen MR) is 96.4 cm³/mol. The fourth-order valence-electron chi connectivity index (χ4n) is 2.97. The Balaban J connectivity index is 1.58. The minimum absolute atomic E-state index is 0.284. The fraction of sp³-hybridized carbons (Fsp3) is 0.238. The van der Waals surface area contributed by atoms with Crippen LogP contribution in [0.1, 0.15) is 24.0 Å². The molecular formula is C21H20N2O2. The zero-order chi connectivity index (χ0) is 17.5. The molecule has 0 atom stereocenters. The van der Waals surface area contributed by atoms with E-state index in [0.29, 0.717) is 25.9 Å². The van der Waals surface area contributed by atoms with Crippen molar-refractivity contribution in [1.82, 2.24) is 4.90 Å². The van der Waals surface area contributed by atoms with E-state index in [4.69, 9.17) is 4.74 Å². The number of benzene rings is 2. The van der Waals surface area contributed by atoms with E-state index in [-0.39, 0.29) is 12.7 Å².